The van der Waals surface area contributed by atoms with Crippen molar-refractivity contribution in [2.75, 3.05) is 6.54 Å². The van der Waals surface area contributed by atoms with Crippen LogP contribution in [0.15, 0.2) is 0 Å². The van der Waals surface area contributed by atoms with Gasteiger partial charge in [-0.1, -0.05) is 6.92 Å². The molecule has 0 atom stereocenters. The Morgan fingerprint density at radius 2 is 0.958 bits per heavy atom. The highest BCUT2D eigenvalue weighted by Gasteiger charge is 2.89. The van der Waals surface area contributed by atoms with Gasteiger partial charge in [-0.2, -0.15) is 52.7 Å². The van der Waals surface area contributed by atoms with Gasteiger partial charge in [0.2, 0.25) is 0 Å². The summed E-state index contributed by atoms with van der Waals surface area (Å²) in [6.45, 7) is -1.10. The Balaban J connectivity index is 6.10. The average molecular weight is 388 g/mol. The fraction of sp³-hybridized carbons (Fsp3) is 1.00. The smallest absolute Gasteiger partial charge is 0.271 e. The molecular weight excluding hydrogens is 376 g/mol. The highest BCUT2D eigenvalue weighted by molar-refractivity contribution is 5.11. The second-order valence-corrected chi connectivity index (χ2v) is 4.76. The molecule has 0 rings (SSSR count). The van der Waals surface area contributed by atoms with Crippen molar-refractivity contribution < 1.29 is 52.7 Å². The van der Waals surface area contributed by atoms with Crippen LogP contribution in [0.1, 0.15) is 19.8 Å². The van der Waals surface area contributed by atoms with Gasteiger partial charge in [0.25, 0.3) is 0 Å². The van der Waals surface area contributed by atoms with E-state index in [1.165, 1.54) is 5.43 Å². The lowest BCUT2D eigenvalue weighted by atomic mass is 9.90. The zero-order valence-electron chi connectivity index (χ0n) is 11.7. The molecule has 0 aromatic heterocycles. The second-order valence-electron chi connectivity index (χ2n) is 4.76. The first-order valence-corrected chi connectivity index (χ1v) is 6.07. The van der Waals surface area contributed by atoms with E-state index in [1.807, 2.05) is 0 Å². The molecule has 0 heterocycles. The van der Waals surface area contributed by atoms with Gasteiger partial charge < -0.3 is 0 Å². The van der Waals surface area contributed by atoms with Crippen molar-refractivity contribution in [2.24, 2.45) is 5.84 Å². The van der Waals surface area contributed by atoms with Crippen LogP contribution in [0.4, 0.5) is 52.7 Å². The maximum atomic E-state index is 13.2. The largest absolute Gasteiger partial charge is 0.384 e. The Morgan fingerprint density at radius 3 is 1.25 bits per heavy atom. The Labute approximate surface area is 127 Å². The molecule has 0 aliphatic rings. The summed E-state index contributed by atoms with van der Waals surface area (Å²) in [7, 11) is 0. The van der Waals surface area contributed by atoms with Crippen LogP contribution in [0.25, 0.3) is 0 Å². The lowest BCUT2D eigenvalue weighted by molar-refractivity contribution is -0.425. The number of hydrogen-bond donors (Lipinski definition) is 2. The van der Waals surface area contributed by atoms with Crippen molar-refractivity contribution in [3.8, 4) is 0 Å². The van der Waals surface area contributed by atoms with Gasteiger partial charge in [0, 0.05) is 19.4 Å². The van der Waals surface area contributed by atoms with E-state index in [4.69, 9.17) is 0 Å². The average Bonchev–Trinajstić information content (AvgIpc) is 2.43. The summed E-state index contributed by atoms with van der Waals surface area (Å²) in [5, 5.41) is 0. The van der Waals surface area contributed by atoms with Crippen molar-refractivity contribution in [2.45, 2.75) is 55.3 Å². The van der Waals surface area contributed by atoms with Gasteiger partial charge in [-0.3, -0.25) is 11.3 Å². The van der Waals surface area contributed by atoms with E-state index in [1.54, 1.807) is 0 Å². The number of hydrazine groups is 1. The van der Waals surface area contributed by atoms with Crippen molar-refractivity contribution in [3.05, 3.63) is 0 Å². The van der Waals surface area contributed by atoms with Crippen LogP contribution >= 0.6 is 0 Å². The molecule has 0 amide bonds. The van der Waals surface area contributed by atoms with Gasteiger partial charge in [-0.25, -0.2) is 0 Å². The molecule has 0 fully saturated rings. The lowest BCUT2D eigenvalue weighted by Crippen LogP contribution is -2.70. The number of nitrogens with two attached hydrogens (primary N) is 1. The Kier molecular flexibility index (Phi) is 6.18. The summed E-state index contributed by atoms with van der Waals surface area (Å²) >= 11 is 0. The van der Waals surface area contributed by atoms with Gasteiger partial charge >= 0.3 is 35.5 Å². The quantitative estimate of drug-likeness (QED) is 0.355. The Hall–Kier alpha value is -0.920. The third-order valence-electron chi connectivity index (χ3n) is 3.13. The van der Waals surface area contributed by atoms with Crippen LogP contribution in [-0.4, -0.2) is 42.1 Å². The molecule has 0 aliphatic heterocycles. The van der Waals surface area contributed by atoms with Crippen molar-refractivity contribution in [3.63, 3.8) is 0 Å². The van der Waals surface area contributed by atoms with Crippen LogP contribution in [-0.2, 0) is 0 Å². The topological polar surface area (TPSA) is 38.0 Å². The highest BCUT2D eigenvalue weighted by atomic mass is 19.4. The van der Waals surface area contributed by atoms with Crippen LogP contribution < -0.4 is 11.3 Å². The van der Waals surface area contributed by atoms with Gasteiger partial charge in [-0.05, 0) is 0 Å². The molecule has 0 bridgehead atoms. The maximum Gasteiger partial charge on any atom is 0.384 e. The molecule has 0 saturated heterocycles. The summed E-state index contributed by atoms with van der Waals surface area (Å²) in [5.41, 5.74) is 1.34. The third-order valence-corrected chi connectivity index (χ3v) is 3.13. The van der Waals surface area contributed by atoms with Crippen LogP contribution in [0.2, 0.25) is 0 Å². The molecule has 0 spiro atoms. The first-order chi connectivity index (χ1) is 10.4. The number of hydrogen-bond acceptors (Lipinski definition) is 2. The third kappa shape index (κ3) is 3.13. The fourth-order valence-electron chi connectivity index (χ4n) is 1.46. The van der Waals surface area contributed by atoms with Crippen LogP contribution in [0, 0.1) is 0 Å². The number of halogens is 12. The minimum absolute atomic E-state index is 0.182. The summed E-state index contributed by atoms with van der Waals surface area (Å²) in [6, 6.07) is 0. The van der Waals surface area contributed by atoms with Crippen molar-refractivity contribution in [1.29, 1.82) is 0 Å². The zero-order valence-corrected chi connectivity index (χ0v) is 11.7. The van der Waals surface area contributed by atoms with Crippen LogP contribution in [0.3, 0.4) is 0 Å². The van der Waals surface area contributed by atoms with Crippen molar-refractivity contribution >= 4 is 0 Å². The molecule has 3 N–H and O–H groups in total. The predicted octanol–water partition coefficient (Wildman–Crippen LogP) is 4.06. The highest BCUT2D eigenvalue weighted by Crippen LogP contribution is 2.60. The molecule has 0 aromatic rings. The normalized spacial score (nSPS) is 15.8. The maximum absolute atomic E-state index is 13.2. The first-order valence-electron chi connectivity index (χ1n) is 6.07. The van der Waals surface area contributed by atoms with Gasteiger partial charge in [-0.15, -0.1) is 0 Å². The van der Waals surface area contributed by atoms with E-state index >= 15 is 0 Å². The first kappa shape index (κ1) is 23.1. The summed E-state index contributed by atoms with van der Waals surface area (Å²) in [4.78, 5) is 0. The SMILES string of the molecule is CCC(F)(F)C(F)(F)C(F)(F)C(F)(F)C(F)(F)C(F)(F)CCNN. The van der Waals surface area contributed by atoms with E-state index in [2.05, 4.69) is 5.84 Å². The van der Waals surface area contributed by atoms with E-state index in [0.29, 0.717) is 0 Å². The predicted molar refractivity (Wildman–Crippen MR) is 56.8 cm³/mol. The fourth-order valence-corrected chi connectivity index (χ4v) is 1.46. The molecule has 0 aromatic carbocycles. The van der Waals surface area contributed by atoms with E-state index in [0.717, 1.165) is 0 Å². The standard InChI is InChI=1S/C10H12F12N2/c1-2-5(11,12)7(15,16)9(19,20)10(21,22)8(17,18)6(13,14)3-4-24-23/h24H,2-4,23H2,1H3. The van der Waals surface area contributed by atoms with Crippen LogP contribution in [0.5, 0.6) is 0 Å². The summed E-state index contributed by atoms with van der Waals surface area (Å²) in [5.74, 6) is -36.5. The molecule has 0 aliphatic carbocycles. The van der Waals surface area contributed by atoms with E-state index in [9.17, 15) is 52.7 Å². The molecule has 0 saturated carbocycles. The minimum Gasteiger partial charge on any atom is -0.271 e. The molecule has 14 heteroatoms. The Morgan fingerprint density at radius 1 is 0.625 bits per heavy atom. The van der Waals surface area contributed by atoms with Gasteiger partial charge in [0.05, 0.1) is 0 Å². The van der Waals surface area contributed by atoms with Gasteiger partial charge in [0.1, 0.15) is 0 Å². The molecule has 0 radical (unpaired) electrons. The number of rotatable bonds is 9. The monoisotopic (exact) mass is 388 g/mol. The van der Waals surface area contributed by atoms with Crippen molar-refractivity contribution in [1.82, 2.24) is 5.43 Å². The number of nitrogens with one attached hydrogen (secondary N) is 1. The molecule has 146 valence electrons. The Bertz CT molecular complexity index is 434. The lowest BCUT2D eigenvalue weighted by Gasteiger charge is -2.41. The summed E-state index contributed by atoms with van der Waals surface area (Å²) < 4.78 is 157. The molecule has 2 nitrogen and oxygen atoms in total. The minimum atomic E-state index is -7.50. The molecule has 24 heavy (non-hydrogen) atoms. The number of alkyl halides is 12. The van der Waals surface area contributed by atoms with Gasteiger partial charge in [0.15, 0.2) is 0 Å². The zero-order chi connectivity index (χ0) is 19.8. The molecular formula is C10H12F12N2. The molecule has 0 unspecified atom stereocenters. The summed E-state index contributed by atoms with van der Waals surface area (Å²) in [6.07, 6.45) is -4.39. The van der Waals surface area contributed by atoms with E-state index < -0.39 is 54.9 Å². The van der Waals surface area contributed by atoms with E-state index in [-0.39, 0.29) is 6.92 Å². The second kappa shape index (κ2) is 6.42.